The van der Waals surface area contributed by atoms with Gasteiger partial charge in [-0.25, -0.2) is 0 Å². The fourth-order valence-corrected chi connectivity index (χ4v) is 2.05. The van der Waals surface area contributed by atoms with Gasteiger partial charge in [-0.3, -0.25) is 4.79 Å². The Bertz CT molecular complexity index is 264. The molecule has 14 heavy (non-hydrogen) atoms. The maximum atomic E-state index is 11.5. The number of rotatable bonds is 3. The summed E-state index contributed by atoms with van der Waals surface area (Å²) < 4.78 is 5.00. The molecule has 0 aromatic carbocycles. The predicted molar refractivity (Wildman–Crippen MR) is 57.0 cm³/mol. The van der Waals surface area contributed by atoms with E-state index in [4.69, 9.17) is 16.3 Å². The molecule has 1 saturated carbocycles. The Morgan fingerprint density at radius 1 is 1.57 bits per heavy atom. The number of hydrogen-bond acceptors (Lipinski definition) is 2. The van der Waals surface area contributed by atoms with Crippen LogP contribution in [0.3, 0.4) is 0 Å². The summed E-state index contributed by atoms with van der Waals surface area (Å²) in [5.74, 6) is 0.117. The van der Waals surface area contributed by atoms with Gasteiger partial charge < -0.3 is 4.74 Å². The molecule has 0 bridgehead atoms. The molecule has 0 aliphatic heterocycles. The van der Waals surface area contributed by atoms with Crippen molar-refractivity contribution in [3.05, 3.63) is 11.1 Å². The fourth-order valence-electron chi connectivity index (χ4n) is 1.92. The van der Waals surface area contributed by atoms with E-state index >= 15 is 0 Å². The van der Waals surface area contributed by atoms with Gasteiger partial charge in [-0.1, -0.05) is 31.5 Å². The predicted octanol–water partition coefficient (Wildman–Crippen LogP) is 2.96. The van der Waals surface area contributed by atoms with E-state index in [2.05, 4.69) is 13.8 Å². The summed E-state index contributed by atoms with van der Waals surface area (Å²) in [6.07, 6.45) is 1.95. The molecule has 0 heterocycles. The molecule has 0 spiro atoms. The average molecular weight is 217 g/mol. The molecule has 2 unspecified atom stereocenters. The number of ether oxygens (including phenoxy) is 1. The molecular weight excluding hydrogens is 200 g/mol. The first-order valence-corrected chi connectivity index (χ1v) is 5.29. The van der Waals surface area contributed by atoms with Crippen molar-refractivity contribution in [2.75, 3.05) is 6.61 Å². The third-order valence-corrected chi connectivity index (χ3v) is 2.99. The van der Waals surface area contributed by atoms with Crippen LogP contribution in [0.15, 0.2) is 11.1 Å². The van der Waals surface area contributed by atoms with E-state index in [1.807, 2.05) is 19.9 Å². The molecule has 3 heteroatoms. The maximum absolute atomic E-state index is 11.5. The molecule has 1 aliphatic carbocycles. The highest BCUT2D eigenvalue weighted by molar-refractivity contribution is 6.29. The van der Waals surface area contributed by atoms with Crippen molar-refractivity contribution < 1.29 is 9.53 Å². The lowest BCUT2D eigenvalue weighted by atomic mass is 10.1. The molecule has 0 aromatic heterocycles. The second-order valence-electron chi connectivity index (χ2n) is 4.33. The van der Waals surface area contributed by atoms with E-state index in [-0.39, 0.29) is 23.2 Å². The van der Waals surface area contributed by atoms with Gasteiger partial charge in [-0.05, 0) is 25.2 Å². The summed E-state index contributed by atoms with van der Waals surface area (Å²) in [4.78, 5) is 11.5. The zero-order chi connectivity index (χ0) is 10.9. The first-order chi connectivity index (χ1) is 6.41. The molecule has 0 saturated heterocycles. The normalized spacial score (nSPS) is 29.9. The van der Waals surface area contributed by atoms with Gasteiger partial charge in [-0.2, -0.15) is 0 Å². The molecule has 2 nitrogen and oxygen atoms in total. The Hall–Kier alpha value is -0.500. The smallest absolute Gasteiger partial charge is 0.310 e. The third kappa shape index (κ3) is 2.11. The zero-order valence-corrected chi connectivity index (χ0v) is 9.89. The Morgan fingerprint density at radius 2 is 2.14 bits per heavy atom. The summed E-state index contributed by atoms with van der Waals surface area (Å²) in [6.45, 7) is 8.23. The lowest BCUT2D eigenvalue weighted by Crippen LogP contribution is -2.10. The number of esters is 1. The fraction of sp³-hybridized carbons (Fsp3) is 0.727. The van der Waals surface area contributed by atoms with Crippen molar-refractivity contribution in [3.63, 3.8) is 0 Å². The van der Waals surface area contributed by atoms with Gasteiger partial charge in [-0.15, -0.1) is 0 Å². The molecule has 0 aromatic rings. The monoisotopic (exact) mass is 216 g/mol. The van der Waals surface area contributed by atoms with Crippen LogP contribution < -0.4 is 0 Å². The van der Waals surface area contributed by atoms with E-state index in [9.17, 15) is 4.79 Å². The molecule has 2 atom stereocenters. The van der Waals surface area contributed by atoms with Crippen LogP contribution in [-0.2, 0) is 9.53 Å². The summed E-state index contributed by atoms with van der Waals surface area (Å²) in [5, 5.41) is 0.745. The molecule has 0 N–H and O–H groups in total. The second kappa shape index (κ2) is 3.93. The molecule has 1 rings (SSSR count). The van der Waals surface area contributed by atoms with Crippen LogP contribution in [-0.4, -0.2) is 12.6 Å². The molecule has 1 fully saturated rings. The Morgan fingerprint density at radius 3 is 2.57 bits per heavy atom. The molecule has 0 radical (unpaired) electrons. The minimum atomic E-state index is -0.100. The maximum Gasteiger partial charge on any atom is 0.310 e. The quantitative estimate of drug-likeness (QED) is 0.678. The van der Waals surface area contributed by atoms with Crippen molar-refractivity contribution in [1.29, 1.82) is 0 Å². The van der Waals surface area contributed by atoms with Crippen LogP contribution in [0.4, 0.5) is 0 Å². The van der Waals surface area contributed by atoms with Crippen LogP contribution in [0, 0.1) is 17.3 Å². The summed E-state index contributed by atoms with van der Waals surface area (Å²) in [5.41, 5.74) is 0.00238. The summed E-state index contributed by atoms with van der Waals surface area (Å²) in [6, 6.07) is 0. The van der Waals surface area contributed by atoms with Gasteiger partial charge in [0.25, 0.3) is 0 Å². The van der Waals surface area contributed by atoms with E-state index < -0.39 is 0 Å². The average Bonchev–Trinajstić information content (AvgIpc) is 2.52. The summed E-state index contributed by atoms with van der Waals surface area (Å²) in [7, 11) is 0. The highest BCUT2D eigenvalue weighted by atomic mass is 35.5. The topological polar surface area (TPSA) is 26.3 Å². The van der Waals surface area contributed by atoms with Crippen LogP contribution in [0.2, 0.25) is 0 Å². The van der Waals surface area contributed by atoms with Gasteiger partial charge in [0, 0.05) is 5.03 Å². The van der Waals surface area contributed by atoms with Crippen molar-refractivity contribution in [1.82, 2.24) is 0 Å². The second-order valence-corrected chi connectivity index (χ2v) is 4.93. The minimum Gasteiger partial charge on any atom is -0.466 e. The standard InChI is InChI=1S/C11H17ClO2/c1-5-14-10(13)9-8(6-7(2)12)11(9,3)4/h6,8-9H,5H2,1-4H3/b7-6-. The first-order valence-electron chi connectivity index (χ1n) is 4.91. The van der Waals surface area contributed by atoms with Crippen LogP contribution in [0.25, 0.3) is 0 Å². The molecule has 1 aliphatic rings. The van der Waals surface area contributed by atoms with E-state index in [0.717, 1.165) is 5.03 Å². The Kier molecular flexibility index (Phi) is 3.25. The number of carbonyl (C=O) groups is 1. The van der Waals surface area contributed by atoms with Gasteiger partial charge in [0.05, 0.1) is 12.5 Å². The molecular formula is C11H17ClO2. The van der Waals surface area contributed by atoms with E-state index in [1.165, 1.54) is 0 Å². The van der Waals surface area contributed by atoms with E-state index in [1.54, 1.807) is 0 Å². The minimum absolute atomic E-state index is 0.00238. The first kappa shape index (κ1) is 11.6. The summed E-state index contributed by atoms with van der Waals surface area (Å²) >= 11 is 5.80. The van der Waals surface area contributed by atoms with Gasteiger partial charge in [0.15, 0.2) is 0 Å². The number of halogens is 1. The lowest BCUT2D eigenvalue weighted by molar-refractivity contribution is -0.145. The van der Waals surface area contributed by atoms with E-state index in [0.29, 0.717) is 6.61 Å². The van der Waals surface area contributed by atoms with Gasteiger partial charge in [0.2, 0.25) is 0 Å². The number of allylic oxidation sites excluding steroid dienone is 2. The lowest BCUT2D eigenvalue weighted by Gasteiger charge is -2.01. The highest BCUT2D eigenvalue weighted by Crippen LogP contribution is 2.59. The zero-order valence-electron chi connectivity index (χ0n) is 9.13. The van der Waals surface area contributed by atoms with Gasteiger partial charge >= 0.3 is 5.97 Å². The number of hydrogen-bond donors (Lipinski definition) is 0. The Balaban J connectivity index is 2.66. The third-order valence-electron chi connectivity index (χ3n) is 2.86. The largest absolute Gasteiger partial charge is 0.466 e. The molecule has 80 valence electrons. The van der Waals surface area contributed by atoms with Crippen molar-refractivity contribution in [3.8, 4) is 0 Å². The van der Waals surface area contributed by atoms with Crippen LogP contribution in [0.5, 0.6) is 0 Å². The van der Waals surface area contributed by atoms with Crippen LogP contribution in [0.1, 0.15) is 27.7 Å². The van der Waals surface area contributed by atoms with Crippen LogP contribution >= 0.6 is 11.6 Å². The van der Waals surface area contributed by atoms with Gasteiger partial charge in [0.1, 0.15) is 0 Å². The molecule has 0 amide bonds. The highest BCUT2D eigenvalue weighted by Gasteiger charge is 2.61. The van der Waals surface area contributed by atoms with Crippen molar-refractivity contribution >= 4 is 17.6 Å². The SMILES string of the molecule is CCOC(=O)C1C(/C=C(/C)Cl)C1(C)C. The van der Waals surface area contributed by atoms with Crippen molar-refractivity contribution in [2.45, 2.75) is 27.7 Å². The van der Waals surface area contributed by atoms with Crippen molar-refractivity contribution in [2.24, 2.45) is 17.3 Å². The Labute approximate surface area is 90.3 Å². The number of carbonyl (C=O) groups excluding carboxylic acids is 1.